The quantitative estimate of drug-likeness (QED) is 0.882. The summed E-state index contributed by atoms with van der Waals surface area (Å²) in [6.45, 7) is 5.88. The molecule has 6 nitrogen and oxygen atoms in total. The molecule has 20 heavy (non-hydrogen) atoms. The molecule has 1 aromatic rings. The van der Waals surface area contributed by atoms with Crippen LogP contribution >= 0.6 is 0 Å². The van der Waals surface area contributed by atoms with Crippen molar-refractivity contribution in [2.45, 2.75) is 25.6 Å². The van der Waals surface area contributed by atoms with Gasteiger partial charge in [0.1, 0.15) is 0 Å². The summed E-state index contributed by atoms with van der Waals surface area (Å²) in [6.07, 6.45) is 3.12. The second-order valence-corrected chi connectivity index (χ2v) is 5.59. The minimum atomic E-state index is -0.472. The highest BCUT2D eigenvalue weighted by Gasteiger charge is 2.34. The van der Waals surface area contributed by atoms with Crippen LogP contribution in [0.25, 0.3) is 0 Å². The maximum Gasteiger partial charge on any atom is 0.252 e. The lowest BCUT2D eigenvalue weighted by molar-refractivity contribution is -0.106. The van der Waals surface area contributed by atoms with Gasteiger partial charge in [0.25, 0.3) is 5.91 Å². The molecule has 2 heterocycles. The maximum absolute atomic E-state index is 11.5. The van der Waals surface area contributed by atoms with Gasteiger partial charge in [-0.3, -0.25) is 9.78 Å². The molecule has 0 radical (unpaired) electrons. The third kappa shape index (κ3) is 3.26. The Morgan fingerprint density at radius 1 is 1.65 bits per heavy atom. The van der Waals surface area contributed by atoms with Gasteiger partial charge in [-0.15, -0.1) is 0 Å². The fourth-order valence-corrected chi connectivity index (χ4v) is 2.60. The Morgan fingerprint density at radius 3 is 3.05 bits per heavy atom. The van der Waals surface area contributed by atoms with Crippen molar-refractivity contribution in [2.24, 2.45) is 5.73 Å². The van der Waals surface area contributed by atoms with Gasteiger partial charge in [-0.1, -0.05) is 0 Å². The fraction of sp³-hybridized carbons (Fsp3) is 0.571. The fourth-order valence-electron chi connectivity index (χ4n) is 2.60. The zero-order valence-electron chi connectivity index (χ0n) is 12.1. The molecule has 0 aliphatic carbocycles. The number of carbonyl (C=O) groups is 1. The number of pyridine rings is 1. The zero-order valence-corrected chi connectivity index (χ0v) is 12.1. The van der Waals surface area contributed by atoms with Crippen LogP contribution in [0.3, 0.4) is 0 Å². The molecule has 1 aromatic heterocycles. The van der Waals surface area contributed by atoms with E-state index in [1.54, 1.807) is 13.3 Å². The van der Waals surface area contributed by atoms with Gasteiger partial charge in [0, 0.05) is 32.6 Å². The molecule has 1 fully saturated rings. The lowest BCUT2D eigenvalue weighted by Crippen LogP contribution is -2.54. The summed E-state index contributed by atoms with van der Waals surface area (Å²) in [5.74, 6) is -0.472. The first-order valence-corrected chi connectivity index (χ1v) is 6.58. The molecule has 1 saturated heterocycles. The van der Waals surface area contributed by atoms with E-state index >= 15 is 0 Å². The average Bonchev–Trinajstić information content (AvgIpc) is 2.37. The summed E-state index contributed by atoms with van der Waals surface area (Å²) in [5.41, 5.74) is 6.33. The Morgan fingerprint density at radius 2 is 2.40 bits per heavy atom. The third-order valence-electron chi connectivity index (χ3n) is 3.24. The zero-order chi connectivity index (χ0) is 14.8. The van der Waals surface area contributed by atoms with Crippen molar-refractivity contribution in [3.8, 4) is 0 Å². The van der Waals surface area contributed by atoms with Crippen LogP contribution in [0.5, 0.6) is 0 Å². The SMILES string of the molecule is COC[C@H]1CN(c2ccncc2C(N)=O)CC(C)(C)O1. The van der Waals surface area contributed by atoms with E-state index in [9.17, 15) is 4.79 Å². The number of methoxy groups -OCH3 is 1. The van der Waals surface area contributed by atoms with Crippen molar-refractivity contribution in [1.29, 1.82) is 0 Å². The molecule has 1 amide bonds. The molecule has 0 unspecified atom stereocenters. The van der Waals surface area contributed by atoms with Crippen LogP contribution in [-0.2, 0) is 9.47 Å². The highest BCUT2D eigenvalue weighted by molar-refractivity contribution is 5.98. The van der Waals surface area contributed by atoms with E-state index in [0.717, 1.165) is 5.69 Å². The monoisotopic (exact) mass is 279 g/mol. The van der Waals surface area contributed by atoms with Gasteiger partial charge in [0.15, 0.2) is 0 Å². The Hall–Kier alpha value is -1.66. The minimum Gasteiger partial charge on any atom is -0.382 e. The van der Waals surface area contributed by atoms with Gasteiger partial charge in [0.05, 0.1) is 29.6 Å². The number of anilines is 1. The number of amides is 1. The maximum atomic E-state index is 11.5. The van der Waals surface area contributed by atoms with Crippen LogP contribution in [0.1, 0.15) is 24.2 Å². The van der Waals surface area contributed by atoms with Crippen molar-refractivity contribution in [2.75, 3.05) is 31.7 Å². The molecule has 1 aliphatic rings. The number of nitrogens with two attached hydrogens (primary N) is 1. The molecule has 0 spiro atoms. The number of hydrogen-bond acceptors (Lipinski definition) is 5. The molecule has 1 atom stereocenters. The standard InChI is InChI=1S/C14H21N3O3/c1-14(2)9-17(7-10(20-14)8-19-3)12-4-5-16-6-11(12)13(15)18/h4-6,10H,7-9H2,1-3H3,(H2,15,18)/t10-/m1/s1. The van der Waals surface area contributed by atoms with Gasteiger partial charge in [0.2, 0.25) is 0 Å². The number of aromatic nitrogens is 1. The molecule has 0 saturated carbocycles. The smallest absolute Gasteiger partial charge is 0.252 e. The Labute approximate surface area is 118 Å². The van der Waals surface area contributed by atoms with E-state index in [1.165, 1.54) is 6.20 Å². The van der Waals surface area contributed by atoms with E-state index in [-0.39, 0.29) is 11.7 Å². The molecular formula is C14H21N3O3. The molecule has 110 valence electrons. The average molecular weight is 279 g/mol. The summed E-state index contributed by atoms with van der Waals surface area (Å²) in [4.78, 5) is 17.6. The number of morpholine rings is 1. The Kier molecular flexibility index (Phi) is 4.25. The second kappa shape index (κ2) is 5.76. The third-order valence-corrected chi connectivity index (χ3v) is 3.24. The van der Waals surface area contributed by atoms with Gasteiger partial charge >= 0.3 is 0 Å². The van der Waals surface area contributed by atoms with E-state index in [1.807, 2.05) is 19.9 Å². The van der Waals surface area contributed by atoms with Crippen molar-refractivity contribution < 1.29 is 14.3 Å². The largest absolute Gasteiger partial charge is 0.382 e. The van der Waals surface area contributed by atoms with Crippen molar-refractivity contribution in [1.82, 2.24) is 4.98 Å². The first-order chi connectivity index (χ1) is 9.43. The number of rotatable bonds is 4. The topological polar surface area (TPSA) is 77.7 Å². The van der Waals surface area contributed by atoms with E-state index in [4.69, 9.17) is 15.2 Å². The summed E-state index contributed by atoms with van der Waals surface area (Å²) < 4.78 is 11.1. The molecule has 1 aliphatic heterocycles. The van der Waals surface area contributed by atoms with Gasteiger partial charge in [-0.25, -0.2) is 0 Å². The first-order valence-electron chi connectivity index (χ1n) is 6.58. The normalized spacial score (nSPS) is 21.8. The van der Waals surface area contributed by atoms with Crippen molar-refractivity contribution >= 4 is 11.6 Å². The lowest BCUT2D eigenvalue weighted by atomic mass is 10.0. The van der Waals surface area contributed by atoms with Crippen LogP contribution in [-0.4, -0.2) is 49.4 Å². The molecule has 0 aromatic carbocycles. The van der Waals surface area contributed by atoms with E-state index in [0.29, 0.717) is 25.3 Å². The molecule has 2 rings (SSSR count). The van der Waals surface area contributed by atoms with Crippen LogP contribution in [0.4, 0.5) is 5.69 Å². The second-order valence-electron chi connectivity index (χ2n) is 5.59. The first kappa shape index (κ1) is 14.7. The number of hydrogen-bond donors (Lipinski definition) is 1. The predicted octanol–water partition coefficient (Wildman–Crippen LogP) is 0.811. The molecule has 0 bridgehead atoms. The summed E-state index contributed by atoms with van der Waals surface area (Å²) in [5, 5.41) is 0. The highest BCUT2D eigenvalue weighted by Crippen LogP contribution is 2.28. The van der Waals surface area contributed by atoms with Crippen LogP contribution in [0.15, 0.2) is 18.5 Å². The number of nitrogens with zero attached hydrogens (tertiary/aromatic N) is 2. The van der Waals surface area contributed by atoms with Crippen LogP contribution in [0, 0.1) is 0 Å². The van der Waals surface area contributed by atoms with Gasteiger partial charge in [-0.05, 0) is 19.9 Å². The van der Waals surface area contributed by atoms with E-state index < -0.39 is 5.91 Å². The van der Waals surface area contributed by atoms with Crippen molar-refractivity contribution in [3.05, 3.63) is 24.0 Å². The Balaban J connectivity index is 2.29. The summed E-state index contributed by atoms with van der Waals surface area (Å²) in [6, 6.07) is 1.81. The van der Waals surface area contributed by atoms with Crippen LogP contribution in [0.2, 0.25) is 0 Å². The summed E-state index contributed by atoms with van der Waals surface area (Å²) >= 11 is 0. The molecular weight excluding hydrogens is 258 g/mol. The van der Waals surface area contributed by atoms with Crippen LogP contribution < -0.4 is 10.6 Å². The highest BCUT2D eigenvalue weighted by atomic mass is 16.5. The molecule has 6 heteroatoms. The van der Waals surface area contributed by atoms with Crippen molar-refractivity contribution in [3.63, 3.8) is 0 Å². The van der Waals surface area contributed by atoms with Gasteiger partial charge < -0.3 is 20.1 Å². The predicted molar refractivity (Wildman–Crippen MR) is 75.8 cm³/mol. The lowest BCUT2D eigenvalue weighted by Gasteiger charge is -2.44. The van der Waals surface area contributed by atoms with Gasteiger partial charge in [-0.2, -0.15) is 0 Å². The van der Waals surface area contributed by atoms with E-state index in [2.05, 4.69) is 9.88 Å². The molecule has 2 N–H and O–H groups in total. The number of carbonyl (C=O) groups excluding carboxylic acids is 1. The number of primary amides is 1. The number of ether oxygens (including phenoxy) is 2. The minimum absolute atomic E-state index is 0.0439. The Bertz CT molecular complexity index is 490. The summed E-state index contributed by atoms with van der Waals surface area (Å²) in [7, 11) is 1.65.